The average Bonchev–Trinajstić information content (AvgIpc) is 3.07. The maximum absolute atomic E-state index is 12.2. The molecule has 0 unspecified atom stereocenters. The van der Waals surface area contributed by atoms with E-state index in [-0.39, 0.29) is 24.3 Å². The van der Waals surface area contributed by atoms with Crippen molar-refractivity contribution in [1.29, 1.82) is 0 Å². The van der Waals surface area contributed by atoms with Crippen LogP contribution in [0, 0.1) is 0 Å². The number of fused-ring (bicyclic) bond motifs is 1. The van der Waals surface area contributed by atoms with Gasteiger partial charge in [-0.2, -0.15) is 0 Å². The minimum absolute atomic E-state index is 0.0911. The Balaban J connectivity index is 1.43. The first kappa shape index (κ1) is 25.0. The van der Waals surface area contributed by atoms with E-state index in [4.69, 9.17) is 0 Å². The second-order valence-electron chi connectivity index (χ2n) is 7.02. The summed E-state index contributed by atoms with van der Waals surface area (Å²) >= 11 is 0. The van der Waals surface area contributed by atoms with Crippen molar-refractivity contribution in [1.82, 2.24) is 25.1 Å². The van der Waals surface area contributed by atoms with Gasteiger partial charge in [-0.3, -0.25) is 20.4 Å². The molecule has 3 rings (SSSR count). The van der Waals surface area contributed by atoms with Crippen LogP contribution in [0.2, 0.25) is 0 Å². The molecule has 0 fully saturated rings. The first-order valence-electron chi connectivity index (χ1n) is 9.78. The van der Waals surface area contributed by atoms with Crippen LogP contribution in [0.3, 0.4) is 0 Å². The lowest BCUT2D eigenvalue weighted by Gasteiger charge is -2.10. The molecule has 1 heterocycles. The zero-order chi connectivity index (χ0) is 24.9. The highest BCUT2D eigenvalue weighted by molar-refractivity contribution is 7.89. The highest BCUT2D eigenvalue weighted by atomic mass is 32.2. The molecule has 0 atom stereocenters. The number of alkyl halides is 3. The first-order chi connectivity index (χ1) is 15.9. The van der Waals surface area contributed by atoms with Gasteiger partial charge in [-0.25, -0.2) is 18.1 Å². The van der Waals surface area contributed by atoms with Crippen molar-refractivity contribution in [3.63, 3.8) is 0 Å². The fourth-order valence-electron chi connectivity index (χ4n) is 2.95. The Bertz CT molecular complexity index is 1290. The van der Waals surface area contributed by atoms with Gasteiger partial charge in [0, 0.05) is 20.0 Å². The molecule has 10 nitrogen and oxygen atoms in total. The number of hydrazine groups is 1. The number of rotatable bonds is 8. The van der Waals surface area contributed by atoms with Gasteiger partial charge in [0.1, 0.15) is 11.6 Å². The molecule has 182 valence electrons. The molecule has 0 saturated heterocycles. The fourth-order valence-corrected chi connectivity index (χ4v) is 3.98. The molecule has 1 aromatic heterocycles. The zero-order valence-electron chi connectivity index (χ0n) is 17.7. The second-order valence-corrected chi connectivity index (χ2v) is 8.78. The van der Waals surface area contributed by atoms with Crippen LogP contribution in [0.25, 0.3) is 11.0 Å². The molecule has 0 aliphatic heterocycles. The third-order valence-electron chi connectivity index (χ3n) is 4.55. The molecule has 0 aliphatic carbocycles. The van der Waals surface area contributed by atoms with Crippen LogP contribution in [0.1, 0.15) is 12.2 Å². The number of carbonyl (C=O) groups excluding carboxylic acids is 2. The van der Waals surface area contributed by atoms with E-state index >= 15 is 0 Å². The number of halogens is 3. The number of benzene rings is 2. The smallest absolute Gasteiger partial charge is 0.406 e. The third-order valence-corrected chi connectivity index (χ3v) is 6.03. The van der Waals surface area contributed by atoms with E-state index < -0.39 is 33.9 Å². The molecule has 3 aromatic rings. The Morgan fingerprint density at radius 2 is 1.68 bits per heavy atom. The van der Waals surface area contributed by atoms with Crippen molar-refractivity contribution in [2.45, 2.75) is 24.1 Å². The number of ether oxygens (including phenoxy) is 1. The predicted molar refractivity (Wildman–Crippen MR) is 114 cm³/mol. The number of sulfonamides is 1. The van der Waals surface area contributed by atoms with Crippen molar-refractivity contribution in [3.05, 3.63) is 54.4 Å². The van der Waals surface area contributed by atoms with E-state index in [9.17, 15) is 31.2 Å². The maximum atomic E-state index is 12.2. The number of imidazole rings is 1. The van der Waals surface area contributed by atoms with E-state index in [1.54, 1.807) is 11.6 Å². The number of aromatic nitrogens is 2. The molecule has 0 spiro atoms. The summed E-state index contributed by atoms with van der Waals surface area (Å²) in [5.41, 5.74) is 5.99. The molecule has 0 bridgehead atoms. The SMILES string of the molecule is Cn1c(CC(=O)NNC(=O)CCNS(=O)(=O)c2ccc(OC(F)(F)F)cc2)nc2ccccc21. The Kier molecular flexibility index (Phi) is 7.41. The van der Waals surface area contributed by atoms with Crippen molar-refractivity contribution in [2.75, 3.05) is 6.54 Å². The van der Waals surface area contributed by atoms with Crippen LogP contribution in [0.4, 0.5) is 13.2 Å². The van der Waals surface area contributed by atoms with Crippen LogP contribution in [-0.2, 0) is 33.1 Å². The van der Waals surface area contributed by atoms with Gasteiger partial charge in [0.2, 0.25) is 21.8 Å². The number of aryl methyl sites for hydroxylation is 1. The van der Waals surface area contributed by atoms with Crippen molar-refractivity contribution in [2.24, 2.45) is 7.05 Å². The first-order valence-corrected chi connectivity index (χ1v) is 11.3. The number of nitrogens with zero attached hydrogens (tertiary/aromatic N) is 2. The highest BCUT2D eigenvalue weighted by Crippen LogP contribution is 2.23. The van der Waals surface area contributed by atoms with Crippen LogP contribution in [0.5, 0.6) is 5.75 Å². The largest absolute Gasteiger partial charge is 0.573 e. The molecular weight excluding hydrogens is 479 g/mol. The number of hydrogen-bond donors (Lipinski definition) is 3. The molecule has 0 radical (unpaired) electrons. The summed E-state index contributed by atoms with van der Waals surface area (Å²) in [6, 6.07) is 10.9. The normalized spacial score (nSPS) is 11.9. The summed E-state index contributed by atoms with van der Waals surface area (Å²) in [6.07, 6.45) is -5.29. The Morgan fingerprint density at radius 3 is 2.32 bits per heavy atom. The summed E-state index contributed by atoms with van der Waals surface area (Å²) in [5, 5.41) is 0. The van der Waals surface area contributed by atoms with E-state index in [0.29, 0.717) is 5.82 Å². The van der Waals surface area contributed by atoms with Crippen LogP contribution >= 0.6 is 0 Å². The number of carbonyl (C=O) groups is 2. The molecule has 34 heavy (non-hydrogen) atoms. The number of hydrogen-bond acceptors (Lipinski definition) is 6. The Hall–Kier alpha value is -3.65. The van der Waals surface area contributed by atoms with Gasteiger partial charge in [0.05, 0.1) is 22.3 Å². The van der Waals surface area contributed by atoms with Gasteiger partial charge >= 0.3 is 6.36 Å². The van der Waals surface area contributed by atoms with Crippen LogP contribution in [-0.4, -0.2) is 42.7 Å². The number of para-hydroxylation sites is 2. The monoisotopic (exact) mass is 499 g/mol. The number of nitrogens with one attached hydrogen (secondary N) is 3. The molecule has 0 aliphatic rings. The minimum atomic E-state index is -4.90. The summed E-state index contributed by atoms with van der Waals surface area (Å²) in [7, 11) is -2.31. The molecule has 0 saturated carbocycles. The molecule has 2 aromatic carbocycles. The molecule has 3 N–H and O–H groups in total. The average molecular weight is 499 g/mol. The second kappa shape index (κ2) is 10.1. The molecule has 14 heteroatoms. The zero-order valence-corrected chi connectivity index (χ0v) is 18.5. The van der Waals surface area contributed by atoms with Gasteiger partial charge in [-0.1, -0.05) is 12.1 Å². The van der Waals surface area contributed by atoms with Crippen molar-refractivity contribution in [3.8, 4) is 5.75 Å². The third kappa shape index (κ3) is 6.68. The standard InChI is InChI=1S/C20H20F3N5O5S/c1-28-16-5-3-2-4-15(16)25-17(28)12-19(30)27-26-18(29)10-11-24-34(31,32)14-8-6-13(7-9-14)33-20(21,22)23/h2-9,24H,10-12H2,1H3,(H,26,29)(H,27,30). The van der Waals surface area contributed by atoms with Gasteiger partial charge in [-0.15, -0.1) is 13.2 Å². The summed E-state index contributed by atoms with van der Waals surface area (Å²) in [5.74, 6) is -1.25. The Morgan fingerprint density at radius 1 is 1.03 bits per heavy atom. The summed E-state index contributed by atoms with van der Waals surface area (Å²) in [6.45, 7) is -0.310. The minimum Gasteiger partial charge on any atom is -0.406 e. The maximum Gasteiger partial charge on any atom is 0.573 e. The fraction of sp³-hybridized carbons (Fsp3) is 0.250. The topological polar surface area (TPSA) is 131 Å². The van der Waals surface area contributed by atoms with Crippen LogP contribution in [0.15, 0.2) is 53.4 Å². The van der Waals surface area contributed by atoms with Gasteiger partial charge in [0.25, 0.3) is 0 Å². The lowest BCUT2D eigenvalue weighted by Crippen LogP contribution is -2.43. The van der Waals surface area contributed by atoms with Gasteiger partial charge in [0.15, 0.2) is 0 Å². The van der Waals surface area contributed by atoms with Gasteiger partial charge in [-0.05, 0) is 36.4 Å². The molecule has 2 amide bonds. The van der Waals surface area contributed by atoms with Gasteiger partial charge < -0.3 is 9.30 Å². The van der Waals surface area contributed by atoms with E-state index in [2.05, 4.69) is 25.3 Å². The lowest BCUT2D eigenvalue weighted by molar-refractivity contribution is -0.274. The summed E-state index contributed by atoms with van der Waals surface area (Å²) in [4.78, 5) is 28.1. The highest BCUT2D eigenvalue weighted by Gasteiger charge is 2.31. The van der Waals surface area contributed by atoms with Crippen molar-refractivity contribution < 1.29 is 35.9 Å². The quantitative estimate of drug-likeness (QED) is 0.403. The lowest BCUT2D eigenvalue weighted by atomic mass is 10.3. The van der Waals surface area contributed by atoms with E-state index in [0.717, 1.165) is 35.3 Å². The number of amides is 2. The van der Waals surface area contributed by atoms with Crippen molar-refractivity contribution >= 4 is 32.9 Å². The molecular formula is C20H20F3N5O5S. The van der Waals surface area contributed by atoms with E-state index in [1.165, 1.54) is 0 Å². The Labute approximate surface area is 192 Å². The summed E-state index contributed by atoms with van der Waals surface area (Å²) < 4.78 is 68.5. The predicted octanol–water partition coefficient (Wildman–Crippen LogP) is 1.53. The van der Waals surface area contributed by atoms with E-state index in [1.807, 2.05) is 24.3 Å². The van der Waals surface area contributed by atoms with Crippen LogP contribution < -0.4 is 20.3 Å².